The van der Waals surface area contributed by atoms with Crippen molar-refractivity contribution in [3.63, 3.8) is 0 Å². The van der Waals surface area contributed by atoms with Gasteiger partial charge in [0.05, 0.1) is 18.4 Å². The molecule has 1 fully saturated rings. The Balaban J connectivity index is 1.53. The fraction of sp³-hybridized carbons (Fsp3) is 0.412. The SMILES string of the molecule is Cc1cncc(NC(=O)N2CC[C@@H](N(C)Cc3ncccn3)C2)c1. The highest BCUT2D eigenvalue weighted by Crippen LogP contribution is 2.17. The maximum absolute atomic E-state index is 12.4. The van der Waals surface area contributed by atoms with E-state index >= 15 is 0 Å². The Hall–Kier alpha value is -2.54. The van der Waals surface area contributed by atoms with Gasteiger partial charge in [-0.2, -0.15) is 0 Å². The number of aromatic nitrogens is 3. The molecule has 0 saturated carbocycles. The molecule has 0 aromatic carbocycles. The summed E-state index contributed by atoms with van der Waals surface area (Å²) in [6.45, 7) is 4.09. The van der Waals surface area contributed by atoms with Gasteiger partial charge in [-0.3, -0.25) is 9.88 Å². The molecular weight excluding hydrogens is 304 g/mol. The van der Waals surface area contributed by atoms with E-state index in [0.29, 0.717) is 19.1 Å². The Morgan fingerprint density at radius 1 is 1.38 bits per heavy atom. The summed E-state index contributed by atoms with van der Waals surface area (Å²) in [7, 11) is 2.05. The molecule has 0 bridgehead atoms. The zero-order valence-corrected chi connectivity index (χ0v) is 14.0. The van der Waals surface area contributed by atoms with Gasteiger partial charge < -0.3 is 10.2 Å². The van der Waals surface area contributed by atoms with Crippen LogP contribution in [-0.4, -0.2) is 57.0 Å². The van der Waals surface area contributed by atoms with Crippen LogP contribution >= 0.6 is 0 Å². The molecule has 24 heavy (non-hydrogen) atoms. The van der Waals surface area contributed by atoms with Gasteiger partial charge in [-0.05, 0) is 38.1 Å². The minimum Gasteiger partial charge on any atom is -0.323 e. The second-order valence-electron chi connectivity index (χ2n) is 6.15. The fourth-order valence-corrected chi connectivity index (χ4v) is 2.88. The quantitative estimate of drug-likeness (QED) is 0.929. The highest BCUT2D eigenvalue weighted by molar-refractivity contribution is 5.89. The lowest BCUT2D eigenvalue weighted by Crippen LogP contribution is -2.38. The largest absolute Gasteiger partial charge is 0.323 e. The number of likely N-dealkylation sites (N-methyl/N-ethyl adjacent to an activating group) is 1. The molecule has 7 nitrogen and oxygen atoms in total. The van der Waals surface area contributed by atoms with Crippen molar-refractivity contribution in [2.24, 2.45) is 0 Å². The second kappa shape index (κ2) is 7.35. The zero-order chi connectivity index (χ0) is 16.9. The number of amides is 2. The highest BCUT2D eigenvalue weighted by Gasteiger charge is 2.29. The van der Waals surface area contributed by atoms with Gasteiger partial charge in [-0.1, -0.05) is 0 Å². The lowest BCUT2D eigenvalue weighted by molar-refractivity contribution is 0.206. The van der Waals surface area contributed by atoms with Crippen LogP contribution in [0.5, 0.6) is 0 Å². The molecule has 0 unspecified atom stereocenters. The van der Waals surface area contributed by atoms with E-state index in [1.807, 2.05) is 31.0 Å². The molecule has 1 aliphatic heterocycles. The van der Waals surface area contributed by atoms with Crippen LogP contribution in [-0.2, 0) is 6.54 Å². The average molecular weight is 326 g/mol. The van der Waals surface area contributed by atoms with Crippen LogP contribution in [0.25, 0.3) is 0 Å². The number of aryl methyl sites for hydroxylation is 1. The first-order valence-electron chi connectivity index (χ1n) is 8.05. The summed E-state index contributed by atoms with van der Waals surface area (Å²) in [5.41, 5.74) is 1.75. The Kier molecular flexibility index (Phi) is 5.00. The molecule has 1 atom stereocenters. The normalized spacial score (nSPS) is 17.3. The number of hydrogen-bond donors (Lipinski definition) is 1. The maximum Gasteiger partial charge on any atom is 0.321 e. The Morgan fingerprint density at radius 2 is 2.17 bits per heavy atom. The third kappa shape index (κ3) is 4.05. The van der Waals surface area contributed by atoms with Crippen molar-refractivity contribution in [1.29, 1.82) is 0 Å². The molecule has 1 saturated heterocycles. The van der Waals surface area contributed by atoms with E-state index < -0.39 is 0 Å². The smallest absolute Gasteiger partial charge is 0.321 e. The van der Waals surface area contributed by atoms with Crippen molar-refractivity contribution in [1.82, 2.24) is 24.8 Å². The van der Waals surface area contributed by atoms with E-state index in [1.54, 1.807) is 24.8 Å². The molecule has 1 N–H and O–H groups in total. The van der Waals surface area contributed by atoms with E-state index in [2.05, 4.69) is 25.2 Å². The molecular formula is C17H22N6O. The second-order valence-corrected chi connectivity index (χ2v) is 6.15. The first-order valence-corrected chi connectivity index (χ1v) is 8.05. The highest BCUT2D eigenvalue weighted by atomic mass is 16.2. The summed E-state index contributed by atoms with van der Waals surface area (Å²) in [5.74, 6) is 0.800. The lowest BCUT2D eigenvalue weighted by Gasteiger charge is -2.24. The van der Waals surface area contributed by atoms with Gasteiger partial charge in [0.25, 0.3) is 0 Å². The number of hydrogen-bond acceptors (Lipinski definition) is 5. The van der Waals surface area contributed by atoms with Crippen LogP contribution in [0.15, 0.2) is 36.9 Å². The summed E-state index contributed by atoms with van der Waals surface area (Å²) < 4.78 is 0. The van der Waals surface area contributed by atoms with E-state index in [4.69, 9.17) is 0 Å². The van der Waals surface area contributed by atoms with Gasteiger partial charge in [0.2, 0.25) is 0 Å². The number of anilines is 1. The Bertz CT molecular complexity index is 692. The van der Waals surface area contributed by atoms with Gasteiger partial charge in [-0.15, -0.1) is 0 Å². The topological polar surface area (TPSA) is 74.2 Å². The lowest BCUT2D eigenvalue weighted by atomic mass is 10.2. The minimum atomic E-state index is -0.0748. The summed E-state index contributed by atoms with van der Waals surface area (Å²) >= 11 is 0. The average Bonchev–Trinajstić information content (AvgIpc) is 3.06. The van der Waals surface area contributed by atoms with Crippen LogP contribution in [0.2, 0.25) is 0 Å². The number of carbonyl (C=O) groups is 1. The zero-order valence-electron chi connectivity index (χ0n) is 14.0. The molecule has 3 rings (SSSR count). The Labute approximate surface area is 141 Å². The van der Waals surface area contributed by atoms with Gasteiger partial charge >= 0.3 is 6.03 Å². The number of urea groups is 1. The van der Waals surface area contributed by atoms with Crippen molar-refractivity contribution in [2.45, 2.75) is 25.9 Å². The van der Waals surface area contributed by atoms with Crippen molar-refractivity contribution in [3.05, 3.63) is 48.3 Å². The molecule has 7 heteroatoms. The van der Waals surface area contributed by atoms with Crippen molar-refractivity contribution in [3.8, 4) is 0 Å². The number of nitrogens with one attached hydrogen (secondary N) is 1. The van der Waals surface area contributed by atoms with Crippen molar-refractivity contribution in [2.75, 3.05) is 25.5 Å². The summed E-state index contributed by atoms with van der Waals surface area (Å²) in [5, 5.41) is 2.92. The van der Waals surface area contributed by atoms with Crippen LogP contribution in [0.4, 0.5) is 10.5 Å². The molecule has 2 aromatic rings. The standard InChI is InChI=1S/C17H22N6O/c1-13-8-14(10-18-9-13)21-17(24)23-7-4-15(11-23)22(2)12-16-19-5-3-6-20-16/h3,5-6,8-10,15H,4,7,11-12H2,1-2H3,(H,21,24)/t15-/m1/s1. The van der Waals surface area contributed by atoms with Crippen LogP contribution in [0.3, 0.4) is 0 Å². The van der Waals surface area contributed by atoms with Crippen LogP contribution < -0.4 is 5.32 Å². The molecule has 3 heterocycles. The van der Waals surface area contributed by atoms with Crippen LogP contribution in [0.1, 0.15) is 17.8 Å². The third-order valence-corrected chi connectivity index (χ3v) is 4.21. The number of nitrogens with zero attached hydrogens (tertiary/aromatic N) is 5. The predicted molar refractivity (Wildman–Crippen MR) is 91.5 cm³/mol. The molecule has 1 aliphatic rings. The molecule has 0 radical (unpaired) electrons. The first-order chi connectivity index (χ1) is 11.6. The number of rotatable bonds is 4. The van der Waals surface area contributed by atoms with Crippen molar-refractivity contribution < 1.29 is 4.79 Å². The van der Waals surface area contributed by atoms with Gasteiger partial charge in [-0.25, -0.2) is 14.8 Å². The minimum absolute atomic E-state index is 0.0748. The van der Waals surface area contributed by atoms with Gasteiger partial charge in [0.1, 0.15) is 5.82 Å². The monoisotopic (exact) mass is 326 g/mol. The van der Waals surface area contributed by atoms with Crippen LogP contribution in [0, 0.1) is 6.92 Å². The molecule has 126 valence electrons. The summed E-state index contributed by atoms with van der Waals surface area (Å²) in [4.78, 5) is 29.1. The number of likely N-dealkylation sites (tertiary alicyclic amines) is 1. The van der Waals surface area contributed by atoms with E-state index in [-0.39, 0.29) is 6.03 Å². The Morgan fingerprint density at radius 3 is 2.92 bits per heavy atom. The third-order valence-electron chi connectivity index (χ3n) is 4.21. The van der Waals surface area contributed by atoms with E-state index in [0.717, 1.165) is 30.0 Å². The fourth-order valence-electron chi connectivity index (χ4n) is 2.88. The maximum atomic E-state index is 12.4. The van der Waals surface area contributed by atoms with E-state index in [1.165, 1.54) is 0 Å². The van der Waals surface area contributed by atoms with Crippen molar-refractivity contribution >= 4 is 11.7 Å². The van der Waals surface area contributed by atoms with Gasteiger partial charge in [0, 0.05) is 37.7 Å². The summed E-state index contributed by atoms with van der Waals surface area (Å²) in [6, 6.07) is 3.97. The predicted octanol–water partition coefficient (Wildman–Crippen LogP) is 1.92. The van der Waals surface area contributed by atoms with Gasteiger partial charge in [0.15, 0.2) is 0 Å². The molecule has 0 spiro atoms. The first kappa shape index (κ1) is 16.3. The number of pyridine rings is 1. The molecule has 2 amide bonds. The van der Waals surface area contributed by atoms with E-state index in [9.17, 15) is 4.79 Å². The molecule has 0 aliphatic carbocycles. The molecule has 2 aromatic heterocycles. The number of carbonyl (C=O) groups excluding carboxylic acids is 1. The summed E-state index contributed by atoms with van der Waals surface area (Å²) in [6.07, 6.45) is 7.88.